The molecule has 0 spiro atoms. The Balaban J connectivity index is 0.000000111. The third-order valence-corrected chi connectivity index (χ3v) is 44.7. The van der Waals surface area contributed by atoms with E-state index >= 15 is 4.57 Å². The summed E-state index contributed by atoms with van der Waals surface area (Å²) in [5.74, 6) is 0. The first-order valence-electron chi connectivity index (χ1n) is 47.5. The third-order valence-electron chi connectivity index (χ3n) is 28.5. The number of aryl methyl sites for hydroxylation is 1. The van der Waals surface area contributed by atoms with Crippen molar-refractivity contribution in [3.8, 4) is 16.8 Å². The zero-order chi connectivity index (χ0) is 95.0. The van der Waals surface area contributed by atoms with Crippen LogP contribution in [0.25, 0.3) is 101 Å². The molecule has 138 heavy (non-hydrogen) atoms. The molecule has 27 rings (SSSR count). The van der Waals surface area contributed by atoms with Gasteiger partial charge in [-0.25, -0.2) is 9.97 Å². The zero-order valence-electron chi connectivity index (χ0n) is 80.7. The Morgan fingerprint density at radius 1 is 0.370 bits per heavy atom. The van der Waals surface area contributed by atoms with Crippen LogP contribution in [0, 0.1) is 6.92 Å². The molecule has 21 aromatic rings. The van der Waals surface area contributed by atoms with Crippen LogP contribution in [0.2, 0.25) is 0 Å². The fraction of sp³-hybridized carbons (Fsp3) is 0.212. The SMILES string of the molecule is CC(C)(C)c1cc2c3c(c1)Sc1c(sc4ccc(C(C)(C)C)cc14)P3(=O)c1sc3ccc(C(C)(C)C)cc3c1S2.CC(C)(C)c1ccc2oc3c(c2c1)N(c1ccc2oc4ccccc4c2c1)c1cc(-c2cncnc2)cc2c1B3c1sc3ccc(C(C)(C)C)cc3c1S2.Cc1cc2c3c(c1)N(c1ccccc1)c1c(sc4cc(C(C)(C)C)ccc14)B3c1c(c3ccccc3n1-c1ccncc1)[Se]2. The van der Waals surface area contributed by atoms with E-state index < -0.39 is 7.14 Å². The molecular weight excluding hydrogens is 1910 g/mol. The van der Waals surface area contributed by atoms with Crippen LogP contribution in [0.1, 0.15) is 164 Å². The number of rotatable bonds is 4. The van der Waals surface area contributed by atoms with Crippen molar-refractivity contribution >= 4 is 290 Å². The topological polar surface area (TPSA) is 93.4 Å². The predicted octanol–water partition coefficient (Wildman–Crippen LogP) is 28.1. The number of anilines is 6. The molecule has 6 aliphatic heterocycles. The van der Waals surface area contributed by atoms with Gasteiger partial charge in [0, 0.05) is 115 Å². The summed E-state index contributed by atoms with van der Waals surface area (Å²) in [6, 6.07) is 88.2. The van der Waals surface area contributed by atoms with E-state index in [1.165, 1.54) is 177 Å². The van der Waals surface area contributed by atoms with Gasteiger partial charge in [-0.3, -0.25) is 0 Å². The number of pyridine rings is 1. The van der Waals surface area contributed by atoms with Gasteiger partial charge in [0.15, 0.2) is 7.14 Å². The molecule has 0 aliphatic carbocycles. The number of benzene rings is 12. The Morgan fingerprint density at radius 2 is 0.891 bits per heavy atom. The van der Waals surface area contributed by atoms with E-state index in [2.05, 4.69) is 385 Å². The molecule has 15 heterocycles. The normalized spacial score (nSPS) is 14.5. The number of aromatic nitrogens is 4. The molecule has 0 saturated carbocycles. The van der Waals surface area contributed by atoms with Crippen molar-refractivity contribution in [2.24, 2.45) is 0 Å². The monoisotopic (exact) mass is 2010 g/mol. The van der Waals surface area contributed by atoms with Gasteiger partial charge < -0.3 is 18.3 Å². The van der Waals surface area contributed by atoms with Crippen LogP contribution >= 0.6 is 87.8 Å². The molecule has 0 saturated heterocycles. The first-order chi connectivity index (χ1) is 66.0. The molecular formula is C118H101B2N6O3PS7Se. The summed E-state index contributed by atoms with van der Waals surface area (Å²) in [6.07, 6.45) is 9.27. The number of thiophene rings is 4. The molecule has 0 radical (unpaired) electrons. The maximum atomic E-state index is 16.0. The molecule has 12 aromatic carbocycles. The molecule has 0 fully saturated rings. The van der Waals surface area contributed by atoms with Crippen molar-refractivity contribution in [1.29, 1.82) is 0 Å². The first kappa shape index (κ1) is 88.5. The van der Waals surface area contributed by atoms with Crippen molar-refractivity contribution in [1.82, 2.24) is 19.5 Å². The summed E-state index contributed by atoms with van der Waals surface area (Å²) in [6.45, 7) is 43.4. The number of fused-ring (bicyclic) bond motifs is 27. The molecule has 9 aromatic heterocycles. The van der Waals surface area contributed by atoms with Crippen LogP contribution < -0.4 is 65.0 Å². The molecule has 0 amide bonds. The number of hydrogen-bond donors (Lipinski definition) is 0. The Bertz CT molecular complexity index is 8700. The van der Waals surface area contributed by atoms with E-state index in [1.54, 1.807) is 29.0 Å². The summed E-state index contributed by atoms with van der Waals surface area (Å²) in [5, 5.41) is 10.9. The summed E-state index contributed by atoms with van der Waals surface area (Å²) in [4.78, 5) is 25.6. The zero-order valence-corrected chi connectivity index (χ0v) is 89.0. The molecule has 6 aliphatic rings. The Morgan fingerprint density at radius 3 is 1.53 bits per heavy atom. The van der Waals surface area contributed by atoms with Gasteiger partial charge in [0.1, 0.15) is 28.7 Å². The van der Waals surface area contributed by atoms with E-state index in [0.29, 0.717) is 0 Å². The third kappa shape index (κ3) is 14.0. The molecule has 20 heteroatoms. The average Bonchev–Trinajstić information content (AvgIpc) is 1.51. The van der Waals surface area contributed by atoms with Gasteiger partial charge in [0.2, 0.25) is 0 Å². The second-order valence-corrected chi connectivity index (χ2v) is 56.7. The molecule has 0 bridgehead atoms. The molecule has 0 atom stereocenters. The summed E-state index contributed by atoms with van der Waals surface area (Å²) in [7, 11) is -3.05. The van der Waals surface area contributed by atoms with E-state index in [-0.39, 0.29) is 60.9 Å². The summed E-state index contributed by atoms with van der Waals surface area (Å²) >= 11 is 13.2. The van der Waals surface area contributed by atoms with E-state index in [9.17, 15) is 0 Å². The van der Waals surface area contributed by atoms with Crippen LogP contribution in [0.5, 0.6) is 0 Å². The summed E-state index contributed by atoms with van der Waals surface area (Å²) < 4.78 is 45.1. The van der Waals surface area contributed by atoms with E-state index in [0.717, 1.165) is 81.3 Å². The first-order valence-corrected chi connectivity index (χ1v) is 56.6. The Hall–Kier alpha value is -10.9. The van der Waals surface area contributed by atoms with Crippen LogP contribution in [0.15, 0.2) is 306 Å². The molecule has 0 N–H and O–H groups in total. The number of nitrogens with zero attached hydrogens (tertiary/aromatic N) is 6. The van der Waals surface area contributed by atoms with Gasteiger partial charge in [0.25, 0.3) is 0 Å². The van der Waals surface area contributed by atoms with Crippen LogP contribution in [0.4, 0.5) is 34.1 Å². The van der Waals surface area contributed by atoms with Gasteiger partial charge in [0.05, 0.1) is 14.9 Å². The van der Waals surface area contributed by atoms with Crippen LogP contribution in [-0.4, -0.2) is 47.9 Å². The van der Waals surface area contributed by atoms with Crippen LogP contribution in [-0.2, 0) is 37.1 Å². The fourth-order valence-corrected chi connectivity index (χ4v) is 39.6. The van der Waals surface area contributed by atoms with Crippen molar-refractivity contribution in [2.75, 3.05) is 9.80 Å². The second kappa shape index (κ2) is 31.6. The van der Waals surface area contributed by atoms with Crippen LogP contribution in [0.3, 0.4) is 0 Å². The molecule has 9 nitrogen and oxygen atoms in total. The number of para-hydroxylation sites is 3. The Labute approximate surface area is 841 Å². The van der Waals surface area contributed by atoms with Gasteiger partial charge in [-0.05, 0) is 163 Å². The number of hydrogen-bond acceptors (Lipinski definition) is 15. The van der Waals surface area contributed by atoms with Crippen molar-refractivity contribution in [3.05, 3.63) is 307 Å². The number of furan rings is 2. The van der Waals surface area contributed by atoms with Crippen molar-refractivity contribution < 1.29 is 13.4 Å². The van der Waals surface area contributed by atoms with Crippen molar-refractivity contribution in [3.63, 3.8) is 0 Å². The molecule has 680 valence electrons. The Kier molecular flexibility index (Phi) is 20.2. The van der Waals surface area contributed by atoms with Gasteiger partial charge in [-0.15, -0.1) is 34.0 Å². The van der Waals surface area contributed by atoms with Gasteiger partial charge in [-0.2, -0.15) is 0 Å². The fourth-order valence-electron chi connectivity index (χ4n) is 21.2. The van der Waals surface area contributed by atoms with E-state index in [1.807, 2.05) is 94.9 Å². The van der Waals surface area contributed by atoms with Crippen molar-refractivity contribution in [2.45, 2.75) is 193 Å². The predicted molar refractivity (Wildman–Crippen MR) is 599 cm³/mol. The maximum absolute atomic E-state index is 16.0. The van der Waals surface area contributed by atoms with Gasteiger partial charge in [-0.1, -0.05) is 182 Å². The standard InChI is InChI=1S/C46H36BN3O2S2.C38H30BN3SSe.C34H35OPS4/c1-45(2,3)27-11-14-37-32(19-27)41-43(52-37)47-40-34(50(41)29-13-15-36-31(21-29)30-9-7-8-10-35(30)51-36)17-25(26-22-48-24-49-23-26)18-39(40)53-42-33-20-28(46(4,5)6)12-16-38(33)54-44(42)47;1-23-20-30-33-32(21-23)44-35-27-12-8-9-13-29(27)42(26-16-18-40-19-17-26)36(35)39(33)37-34(41(30)25-10-6-5-7-11-25)28-15-14-24(38(2,3)4)22-31(28)43-37;1-32(2,3)18-10-12-23-21(14-18)28-30(39-23)36(35)27-25(37-28)16-20(34(7,8)9)17-26(27)38-29-22-15-19(33(4,5)6)11-13-24(22)40-31(29)36/h7-24H,1-6H3;5-22H,1-4H3;10-17H,1-9H3. The van der Waals surface area contributed by atoms with E-state index in [4.69, 9.17) is 8.83 Å². The minimum absolute atomic E-state index is 0.00340. The second-order valence-electron chi connectivity index (χ2n) is 43.9. The summed E-state index contributed by atoms with van der Waals surface area (Å²) in [5.41, 5.74) is 29.0. The van der Waals surface area contributed by atoms with Gasteiger partial charge >= 0.3 is 276 Å². The quantitative estimate of drug-likeness (QED) is 0.125. The molecule has 0 unspecified atom stereocenters. The minimum atomic E-state index is -3.05. The average molecular weight is 2010 g/mol.